The number of rotatable bonds is 6. The summed E-state index contributed by atoms with van der Waals surface area (Å²) in [5, 5.41) is 5.33. The summed E-state index contributed by atoms with van der Waals surface area (Å²) in [6.07, 6.45) is 1.49. The SMILES string of the molecule is COc1csc(-c2ocnc2CNCC(C)C)c1. The standard InChI is InChI=1S/C13H18N2O2S/c1-9(2)5-14-6-11-13(17-8-15-11)12-4-10(16-3)7-18-12/h4,7-9,14H,5-6H2,1-3H3. The largest absolute Gasteiger partial charge is 0.496 e. The molecule has 4 nitrogen and oxygen atoms in total. The summed E-state index contributed by atoms with van der Waals surface area (Å²) in [4.78, 5) is 5.31. The highest BCUT2D eigenvalue weighted by molar-refractivity contribution is 7.13. The molecular weight excluding hydrogens is 248 g/mol. The Morgan fingerprint density at radius 2 is 2.33 bits per heavy atom. The van der Waals surface area contributed by atoms with Gasteiger partial charge in [0.2, 0.25) is 0 Å². The fourth-order valence-corrected chi connectivity index (χ4v) is 2.48. The van der Waals surface area contributed by atoms with Gasteiger partial charge >= 0.3 is 0 Å². The van der Waals surface area contributed by atoms with Gasteiger partial charge in [0.1, 0.15) is 11.4 Å². The molecule has 5 heteroatoms. The van der Waals surface area contributed by atoms with Gasteiger partial charge in [-0.25, -0.2) is 4.98 Å². The molecule has 2 aromatic heterocycles. The van der Waals surface area contributed by atoms with E-state index in [0.29, 0.717) is 5.92 Å². The van der Waals surface area contributed by atoms with Gasteiger partial charge in [-0.15, -0.1) is 11.3 Å². The summed E-state index contributed by atoms with van der Waals surface area (Å²) in [6, 6.07) is 1.97. The zero-order valence-electron chi connectivity index (χ0n) is 10.9. The van der Waals surface area contributed by atoms with E-state index in [2.05, 4.69) is 24.1 Å². The van der Waals surface area contributed by atoms with Crippen LogP contribution in [0.15, 0.2) is 22.3 Å². The first-order valence-corrected chi connectivity index (χ1v) is 6.84. The summed E-state index contributed by atoms with van der Waals surface area (Å²) >= 11 is 1.60. The minimum Gasteiger partial charge on any atom is -0.496 e. The Morgan fingerprint density at radius 3 is 3.00 bits per heavy atom. The first-order valence-electron chi connectivity index (χ1n) is 5.96. The number of nitrogens with one attached hydrogen (secondary N) is 1. The Bertz CT molecular complexity index is 491. The van der Waals surface area contributed by atoms with E-state index >= 15 is 0 Å². The fraction of sp³-hybridized carbons (Fsp3) is 0.462. The van der Waals surface area contributed by atoms with Crippen LogP contribution in [0.1, 0.15) is 19.5 Å². The predicted octanol–water partition coefficient (Wildman–Crippen LogP) is 3.16. The van der Waals surface area contributed by atoms with Crippen molar-refractivity contribution < 1.29 is 9.15 Å². The normalized spacial score (nSPS) is 11.1. The van der Waals surface area contributed by atoms with Crippen molar-refractivity contribution in [2.45, 2.75) is 20.4 Å². The Labute approximate surface area is 111 Å². The zero-order chi connectivity index (χ0) is 13.0. The molecule has 2 aromatic rings. The summed E-state index contributed by atoms with van der Waals surface area (Å²) in [5.74, 6) is 2.31. The van der Waals surface area contributed by atoms with E-state index in [9.17, 15) is 0 Å². The third kappa shape index (κ3) is 3.11. The van der Waals surface area contributed by atoms with Crippen molar-refractivity contribution in [1.29, 1.82) is 0 Å². The second kappa shape index (κ2) is 6.02. The summed E-state index contributed by atoms with van der Waals surface area (Å²) in [7, 11) is 1.66. The lowest BCUT2D eigenvalue weighted by Crippen LogP contribution is -2.19. The number of thiophene rings is 1. The number of hydrogen-bond donors (Lipinski definition) is 1. The van der Waals surface area contributed by atoms with Crippen LogP contribution in [0.3, 0.4) is 0 Å². The minimum absolute atomic E-state index is 0.627. The number of hydrogen-bond acceptors (Lipinski definition) is 5. The van der Waals surface area contributed by atoms with Crippen molar-refractivity contribution in [3.63, 3.8) is 0 Å². The Morgan fingerprint density at radius 1 is 1.50 bits per heavy atom. The van der Waals surface area contributed by atoms with Gasteiger partial charge in [0.15, 0.2) is 12.2 Å². The number of ether oxygens (including phenoxy) is 1. The number of nitrogens with zero attached hydrogens (tertiary/aromatic N) is 1. The van der Waals surface area contributed by atoms with Crippen LogP contribution >= 0.6 is 11.3 Å². The van der Waals surface area contributed by atoms with E-state index in [-0.39, 0.29) is 0 Å². The number of methoxy groups -OCH3 is 1. The van der Waals surface area contributed by atoms with Crippen molar-refractivity contribution in [3.05, 3.63) is 23.5 Å². The van der Waals surface area contributed by atoms with Crippen LogP contribution < -0.4 is 10.1 Å². The Hall–Kier alpha value is -1.33. The van der Waals surface area contributed by atoms with E-state index in [1.54, 1.807) is 18.4 Å². The Kier molecular flexibility index (Phi) is 4.38. The molecule has 0 aliphatic heterocycles. The molecular formula is C13H18N2O2S. The maximum Gasteiger partial charge on any atom is 0.181 e. The van der Waals surface area contributed by atoms with Gasteiger partial charge in [-0.1, -0.05) is 13.8 Å². The molecule has 0 saturated carbocycles. The van der Waals surface area contributed by atoms with E-state index in [1.807, 2.05) is 11.4 Å². The van der Waals surface area contributed by atoms with Gasteiger partial charge in [0, 0.05) is 18.0 Å². The lowest BCUT2D eigenvalue weighted by molar-refractivity contribution is 0.416. The van der Waals surface area contributed by atoms with Gasteiger partial charge in [-0.3, -0.25) is 0 Å². The van der Waals surface area contributed by atoms with Gasteiger partial charge in [-0.05, 0) is 12.5 Å². The molecule has 0 fully saturated rings. The molecule has 0 saturated heterocycles. The van der Waals surface area contributed by atoms with Crippen LogP contribution in [0.5, 0.6) is 5.75 Å². The molecule has 0 bridgehead atoms. The highest BCUT2D eigenvalue weighted by atomic mass is 32.1. The average molecular weight is 266 g/mol. The molecule has 0 amide bonds. The number of aromatic nitrogens is 1. The van der Waals surface area contributed by atoms with Crippen LogP contribution in [-0.2, 0) is 6.54 Å². The molecule has 2 heterocycles. The van der Waals surface area contributed by atoms with Crippen molar-refractivity contribution >= 4 is 11.3 Å². The summed E-state index contributed by atoms with van der Waals surface area (Å²) < 4.78 is 10.6. The van der Waals surface area contributed by atoms with Crippen molar-refractivity contribution in [2.75, 3.05) is 13.7 Å². The summed E-state index contributed by atoms with van der Waals surface area (Å²) in [6.45, 7) is 6.06. The molecule has 0 radical (unpaired) electrons. The molecule has 0 aromatic carbocycles. The monoisotopic (exact) mass is 266 g/mol. The first-order chi connectivity index (χ1) is 8.70. The van der Waals surface area contributed by atoms with Crippen molar-refractivity contribution in [1.82, 2.24) is 10.3 Å². The van der Waals surface area contributed by atoms with E-state index in [4.69, 9.17) is 9.15 Å². The minimum atomic E-state index is 0.627. The van der Waals surface area contributed by atoms with E-state index in [0.717, 1.165) is 35.2 Å². The highest BCUT2D eigenvalue weighted by Gasteiger charge is 2.13. The predicted molar refractivity (Wildman–Crippen MR) is 72.9 cm³/mol. The highest BCUT2D eigenvalue weighted by Crippen LogP contribution is 2.32. The van der Waals surface area contributed by atoms with E-state index in [1.165, 1.54) is 6.39 Å². The quantitative estimate of drug-likeness (QED) is 0.872. The maximum atomic E-state index is 5.47. The zero-order valence-corrected chi connectivity index (χ0v) is 11.7. The first kappa shape index (κ1) is 13.1. The van der Waals surface area contributed by atoms with Crippen LogP contribution in [0.4, 0.5) is 0 Å². The second-order valence-electron chi connectivity index (χ2n) is 4.50. The molecule has 0 spiro atoms. The summed E-state index contributed by atoms with van der Waals surface area (Å²) in [5.41, 5.74) is 0.945. The molecule has 2 rings (SSSR count). The third-order valence-corrected chi connectivity index (χ3v) is 3.43. The topological polar surface area (TPSA) is 47.3 Å². The lowest BCUT2D eigenvalue weighted by atomic mass is 10.2. The van der Waals surface area contributed by atoms with Crippen molar-refractivity contribution in [3.8, 4) is 16.4 Å². The lowest BCUT2D eigenvalue weighted by Gasteiger charge is -2.05. The van der Waals surface area contributed by atoms with Crippen molar-refractivity contribution in [2.24, 2.45) is 5.92 Å². The fourth-order valence-electron chi connectivity index (χ4n) is 1.62. The molecule has 1 N–H and O–H groups in total. The van der Waals surface area contributed by atoms with Gasteiger partial charge < -0.3 is 14.5 Å². The molecule has 0 unspecified atom stereocenters. The van der Waals surface area contributed by atoms with Gasteiger partial charge in [-0.2, -0.15) is 0 Å². The average Bonchev–Trinajstić information content (AvgIpc) is 2.95. The van der Waals surface area contributed by atoms with E-state index < -0.39 is 0 Å². The van der Waals surface area contributed by atoms with Gasteiger partial charge in [0.25, 0.3) is 0 Å². The van der Waals surface area contributed by atoms with Crippen LogP contribution in [0.2, 0.25) is 0 Å². The third-order valence-electron chi connectivity index (χ3n) is 2.52. The molecule has 18 heavy (non-hydrogen) atoms. The molecule has 0 atom stereocenters. The smallest absolute Gasteiger partial charge is 0.181 e. The van der Waals surface area contributed by atoms with Gasteiger partial charge in [0.05, 0.1) is 12.0 Å². The maximum absolute atomic E-state index is 5.47. The van der Waals surface area contributed by atoms with Crippen LogP contribution in [-0.4, -0.2) is 18.6 Å². The molecule has 0 aliphatic carbocycles. The number of oxazole rings is 1. The second-order valence-corrected chi connectivity index (χ2v) is 5.41. The van der Waals surface area contributed by atoms with Crippen LogP contribution in [0, 0.1) is 5.92 Å². The van der Waals surface area contributed by atoms with Crippen LogP contribution in [0.25, 0.3) is 10.6 Å². The molecule has 98 valence electrons. The molecule has 0 aliphatic rings. The Balaban J connectivity index is 2.07.